The number of methoxy groups -OCH3 is 1. The van der Waals surface area contributed by atoms with Gasteiger partial charge in [0, 0.05) is 5.33 Å². The van der Waals surface area contributed by atoms with Crippen molar-refractivity contribution in [2.75, 3.05) is 7.11 Å². The van der Waals surface area contributed by atoms with Crippen LogP contribution in [0.1, 0.15) is 23.4 Å². The molecule has 0 aliphatic heterocycles. The minimum Gasteiger partial charge on any atom is -0.469 e. The van der Waals surface area contributed by atoms with E-state index in [9.17, 15) is 13.6 Å². The lowest BCUT2D eigenvalue weighted by Gasteiger charge is -2.10. The molecule has 0 aromatic carbocycles. The summed E-state index contributed by atoms with van der Waals surface area (Å²) >= 11 is 8.94. The third-order valence-corrected chi connectivity index (χ3v) is 2.92. The van der Waals surface area contributed by atoms with Gasteiger partial charge in [-0.25, -0.2) is 13.8 Å². The zero-order valence-electron chi connectivity index (χ0n) is 8.84. The van der Waals surface area contributed by atoms with Crippen molar-refractivity contribution in [1.29, 1.82) is 0 Å². The lowest BCUT2D eigenvalue weighted by Crippen LogP contribution is -2.09. The average molecular weight is 329 g/mol. The van der Waals surface area contributed by atoms with Crippen molar-refractivity contribution in [3.05, 3.63) is 28.0 Å². The summed E-state index contributed by atoms with van der Waals surface area (Å²) in [6.07, 6.45) is -3.03. The maximum Gasteiger partial charge on any atom is 0.310 e. The average Bonchev–Trinajstić information content (AvgIpc) is 2.28. The van der Waals surface area contributed by atoms with Crippen molar-refractivity contribution in [2.45, 2.75) is 18.2 Å². The van der Waals surface area contributed by atoms with E-state index in [2.05, 4.69) is 25.7 Å². The molecule has 0 bridgehead atoms. The monoisotopic (exact) mass is 327 g/mol. The molecule has 0 fully saturated rings. The van der Waals surface area contributed by atoms with Crippen molar-refractivity contribution in [3.8, 4) is 0 Å². The van der Waals surface area contributed by atoms with E-state index in [-0.39, 0.29) is 22.3 Å². The highest BCUT2D eigenvalue weighted by atomic mass is 79.9. The normalized spacial score (nSPS) is 10.7. The molecule has 0 unspecified atom stereocenters. The summed E-state index contributed by atoms with van der Waals surface area (Å²) in [6, 6.07) is 1.32. The van der Waals surface area contributed by atoms with Crippen LogP contribution in [0.2, 0.25) is 5.02 Å². The number of halogens is 4. The van der Waals surface area contributed by atoms with E-state index < -0.39 is 18.1 Å². The van der Waals surface area contributed by atoms with Gasteiger partial charge >= 0.3 is 5.97 Å². The van der Waals surface area contributed by atoms with E-state index in [4.69, 9.17) is 11.6 Å². The largest absolute Gasteiger partial charge is 0.469 e. The van der Waals surface area contributed by atoms with E-state index in [1.54, 1.807) is 0 Å². The van der Waals surface area contributed by atoms with Gasteiger partial charge in [0.25, 0.3) is 6.43 Å². The number of esters is 1. The van der Waals surface area contributed by atoms with Gasteiger partial charge in [0.2, 0.25) is 0 Å². The number of carbonyl (C=O) groups is 1. The smallest absolute Gasteiger partial charge is 0.310 e. The van der Waals surface area contributed by atoms with Crippen LogP contribution in [0.5, 0.6) is 0 Å². The minimum absolute atomic E-state index is 0.0848. The molecule has 17 heavy (non-hydrogen) atoms. The molecule has 1 heterocycles. The van der Waals surface area contributed by atoms with Crippen molar-refractivity contribution >= 4 is 33.5 Å². The van der Waals surface area contributed by atoms with Crippen molar-refractivity contribution in [3.63, 3.8) is 0 Å². The van der Waals surface area contributed by atoms with Crippen LogP contribution in [0.4, 0.5) is 8.78 Å². The molecule has 1 aromatic rings. The van der Waals surface area contributed by atoms with Crippen LogP contribution in [0, 0.1) is 0 Å². The summed E-state index contributed by atoms with van der Waals surface area (Å²) in [4.78, 5) is 14.8. The Morgan fingerprint density at radius 1 is 1.65 bits per heavy atom. The summed E-state index contributed by atoms with van der Waals surface area (Å²) in [7, 11) is 1.19. The quantitative estimate of drug-likeness (QED) is 0.629. The number of alkyl halides is 3. The van der Waals surface area contributed by atoms with Gasteiger partial charge in [0.05, 0.1) is 24.2 Å². The van der Waals surface area contributed by atoms with Gasteiger partial charge in [-0.3, -0.25) is 4.79 Å². The molecule has 0 spiro atoms. The first-order chi connectivity index (χ1) is 7.99. The molecule has 7 heteroatoms. The summed E-state index contributed by atoms with van der Waals surface area (Å²) in [5.74, 6) is -0.614. The molecule has 0 N–H and O–H groups in total. The fourth-order valence-electron chi connectivity index (χ4n) is 1.23. The Hall–Kier alpha value is -0.750. The zero-order chi connectivity index (χ0) is 13.0. The number of nitrogens with zero attached hydrogens (tertiary/aromatic N) is 1. The highest BCUT2D eigenvalue weighted by Gasteiger charge is 2.19. The molecule has 1 rings (SSSR count). The van der Waals surface area contributed by atoms with Crippen LogP contribution in [0.15, 0.2) is 6.07 Å². The minimum atomic E-state index is -2.76. The number of rotatable bonds is 4. The van der Waals surface area contributed by atoms with Crippen molar-refractivity contribution in [2.24, 2.45) is 0 Å². The number of hydrogen-bond acceptors (Lipinski definition) is 3. The maximum absolute atomic E-state index is 12.8. The Bertz CT molecular complexity index is 429. The van der Waals surface area contributed by atoms with Gasteiger partial charge < -0.3 is 4.74 Å². The van der Waals surface area contributed by atoms with Gasteiger partial charge in [0.15, 0.2) is 0 Å². The van der Waals surface area contributed by atoms with Crippen LogP contribution >= 0.6 is 27.5 Å². The molecule has 0 aliphatic carbocycles. The van der Waals surface area contributed by atoms with Gasteiger partial charge in [0.1, 0.15) is 5.69 Å². The van der Waals surface area contributed by atoms with Gasteiger partial charge in [-0.2, -0.15) is 0 Å². The van der Waals surface area contributed by atoms with Gasteiger partial charge in [-0.1, -0.05) is 27.5 Å². The van der Waals surface area contributed by atoms with E-state index in [1.165, 1.54) is 13.2 Å². The Labute approximate surface area is 110 Å². The standard InChI is InChI=1S/C10H9BrClF2NO2/c1-17-8(16)3-5-2-6(12)7(4-11)15-9(5)10(13)14/h2,10H,3-4H2,1H3. The summed E-state index contributed by atoms with van der Waals surface area (Å²) in [5, 5.41) is 0.509. The number of aromatic nitrogens is 1. The van der Waals surface area contributed by atoms with Crippen molar-refractivity contribution in [1.82, 2.24) is 4.98 Å². The Morgan fingerprint density at radius 2 is 2.29 bits per heavy atom. The van der Waals surface area contributed by atoms with E-state index in [0.29, 0.717) is 5.69 Å². The van der Waals surface area contributed by atoms with Crippen LogP contribution in [0.3, 0.4) is 0 Å². The van der Waals surface area contributed by atoms with E-state index in [1.807, 2.05) is 0 Å². The van der Waals surface area contributed by atoms with Crippen LogP contribution in [-0.2, 0) is 21.3 Å². The predicted molar refractivity (Wildman–Crippen MR) is 62.6 cm³/mol. The molecule has 0 saturated heterocycles. The highest BCUT2D eigenvalue weighted by Crippen LogP contribution is 2.27. The molecule has 94 valence electrons. The SMILES string of the molecule is COC(=O)Cc1cc(Cl)c(CBr)nc1C(F)F. The fourth-order valence-corrected chi connectivity index (χ4v) is 2.06. The second kappa shape index (κ2) is 6.26. The molecule has 0 atom stereocenters. The van der Waals surface area contributed by atoms with Gasteiger partial charge in [-0.15, -0.1) is 0 Å². The second-order valence-electron chi connectivity index (χ2n) is 3.15. The van der Waals surface area contributed by atoms with E-state index in [0.717, 1.165) is 0 Å². The van der Waals surface area contributed by atoms with Crippen LogP contribution in [0.25, 0.3) is 0 Å². The summed E-state index contributed by atoms with van der Waals surface area (Å²) in [6.45, 7) is 0. The number of ether oxygens (including phenoxy) is 1. The first-order valence-corrected chi connectivity index (χ1v) is 6.08. The lowest BCUT2D eigenvalue weighted by atomic mass is 10.1. The third kappa shape index (κ3) is 3.61. The molecule has 1 aromatic heterocycles. The molecule has 0 saturated carbocycles. The van der Waals surface area contributed by atoms with Crippen LogP contribution < -0.4 is 0 Å². The second-order valence-corrected chi connectivity index (χ2v) is 4.12. The first-order valence-electron chi connectivity index (χ1n) is 4.58. The number of pyridine rings is 1. The number of hydrogen-bond donors (Lipinski definition) is 0. The van der Waals surface area contributed by atoms with E-state index >= 15 is 0 Å². The maximum atomic E-state index is 12.8. The predicted octanol–water partition coefficient (Wildman–Crippen LogP) is 3.28. The highest BCUT2D eigenvalue weighted by molar-refractivity contribution is 9.08. The summed E-state index contributed by atoms with van der Waals surface area (Å²) < 4.78 is 29.9. The molecule has 3 nitrogen and oxygen atoms in total. The third-order valence-electron chi connectivity index (χ3n) is 2.06. The topological polar surface area (TPSA) is 39.2 Å². The first kappa shape index (κ1) is 14.3. The molecular weight excluding hydrogens is 319 g/mol. The Morgan fingerprint density at radius 3 is 2.76 bits per heavy atom. The fraction of sp³-hybridized carbons (Fsp3) is 0.400. The number of carbonyl (C=O) groups excluding carboxylic acids is 1. The molecule has 0 aliphatic rings. The summed E-state index contributed by atoms with van der Waals surface area (Å²) in [5.41, 5.74) is -0.0358. The molecule has 0 radical (unpaired) electrons. The molecule has 0 amide bonds. The Balaban J connectivity index is 3.18. The Kier molecular flexibility index (Phi) is 5.27. The molecular formula is C10H9BrClF2NO2. The van der Waals surface area contributed by atoms with Gasteiger partial charge in [-0.05, 0) is 11.6 Å². The zero-order valence-corrected chi connectivity index (χ0v) is 11.2. The van der Waals surface area contributed by atoms with Crippen LogP contribution in [-0.4, -0.2) is 18.1 Å². The van der Waals surface area contributed by atoms with Crippen molar-refractivity contribution < 1.29 is 18.3 Å². The lowest BCUT2D eigenvalue weighted by molar-refractivity contribution is -0.139.